The van der Waals surface area contributed by atoms with E-state index in [4.69, 9.17) is 0 Å². The maximum atomic E-state index is 9.73. The van der Waals surface area contributed by atoms with Crippen molar-refractivity contribution in [2.24, 2.45) is 0 Å². The molecule has 1 rings (SSSR count). The number of aliphatic hydroxyl groups excluding tert-OH is 1. The van der Waals surface area contributed by atoms with E-state index < -0.39 is 0 Å². The normalized spacial score (nSPS) is 14.5. The molecule has 86 valence electrons. The molecule has 0 aromatic heterocycles. The average Bonchev–Trinajstić information content (AvgIpc) is 2.19. The number of benzene rings is 1. The van der Waals surface area contributed by atoms with Crippen LogP contribution in [-0.4, -0.2) is 29.7 Å². The van der Waals surface area contributed by atoms with Gasteiger partial charge in [-0.25, -0.2) is 0 Å². The van der Waals surface area contributed by atoms with Crippen LogP contribution in [0.15, 0.2) is 30.3 Å². The predicted molar refractivity (Wildman–Crippen MR) is 66.4 cm³/mol. The Morgan fingerprint density at radius 1 is 1.27 bits per heavy atom. The molecule has 2 nitrogen and oxygen atoms in total. The standard InChI is InChI=1S/C12H19NO.ClH/c1-4-13(3)12(10(2)14)11-8-6-5-7-9-11;/h5-10,12,14H,4H2,1-3H3;1H. The molecule has 0 aliphatic carbocycles. The van der Waals surface area contributed by atoms with Crippen LogP contribution in [0.25, 0.3) is 0 Å². The Bertz CT molecular complexity index is 264. The van der Waals surface area contributed by atoms with E-state index in [1.165, 1.54) is 5.56 Å². The van der Waals surface area contributed by atoms with Crippen molar-refractivity contribution in [3.8, 4) is 0 Å². The summed E-state index contributed by atoms with van der Waals surface area (Å²) < 4.78 is 0. The number of nitrogens with zero attached hydrogens (tertiary/aromatic N) is 1. The third-order valence-electron chi connectivity index (χ3n) is 2.57. The molecule has 0 radical (unpaired) electrons. The summed E-state index contributed by atoms with van der Waals surface area (Å²) in [6.45, 7) is 4.87. The van der Waals surface area contributed by atoms with Crippen molar-refractivity contribution in [1.82, 2.24) is 4.90 Å². The third-order valence-corrected chi connectivity index (χ3v) is 2.57. The van der Waals surface area contributed by atoms with Gasteiger partial charge >= 0.3 is 0 Å². The first-order chi connectivity index (χ1) is 6.66. The lowest BCUT2D eigenvalue weighted by Gasteiger charge is -2.29. The Hall–Kier alpha value is -0.570. The molecule has 0 fully saturated rings. The molecule has 0 aliphatic heterocycles. The molecule has 2 atom stereocenters. The second-order valence-corrected chi connectivity index (χ2v) is 3.67. The van der Waals surface area contributed by atoms with Crippen molar-refractivity contribution >= 4 is 12.4 Å². The van der Waals surface area contributed by atoms with E-state index in [1.54, 1.807) is 0 Å². The second kappa shape index (κ2) is 6.83. The molecule has 0 heterocycles. The highest BCUT2D eigenvalue weighted by molar-refractivity contribution is 5.85. The van der Waals surface area contributed by atoms with Crippen molar-refractivity contribution in [2.75, 3.05) is 13.6 Å². The Morgan fingerprint density at radius 2 is 1.80 bits per heavy atom. The molecule has 0 spiro atoms. The molecule has 0 aliphatic rings. The van der Waals surface area contributed by atoms with Crippen molar-refractivity contribution in [3.63, 3.8) is 0 Å². The van der Waals surface area contributed by atoms with Gasteiger partial charge in [-0.3, -0.25) is 4.90 Å². The number of hydrogen-bond acceptors (Lipinski definition) is 2. The van der Waals surface area contributed by atoms with Crippen LogP contribution in [0.2, 0.25) is 0 Å². The van der Waals surface area contributed by atoms with Gasteiger partial charge in [0.15, 0.2) is 0 Å². The first-order valence-corrected chi connectivity index (χ1v) is 5.10. The van der Waals surface area contributed by atoms with Crippen molar-refractivity contribution in [1.29, 1.82) is 0 Å². The molecule has 0 bridgehead atoms. The van der Waals surface area contributed by atoms with Crippen LogP contribution in [0.5, 0.6) is 0 Å². The van der Waals surface area contributed by atoms with Gasteiger partial charge in [0.25, 0.3) is 0 Å². The van der Waals surface area contributed by atoms with E-state index in [-0.39, 0.29) is 24.6 Å². The highest BCUT2D eigenvalue weighted by Crippen LogP contribution is 2.22. The van der Waals surface area contributed by atoms with Gasteiger partial charge in [0.1, 0.15) is 0 Å². The number of halogens is 1. The van der Waals surface area contributed by atoms with Gasteiger partial charge < -0.3 is 5.11 Å². The molecular formula is C12H20ClNO. The van der Waals surface area contributed by atoms with Crippen LogP contribution in [0.3, 0.4) is 0 Å². The van der Waals surface area contributed by atoms with E-state index in [0.717, 1.165) is 6.54 Å². The lowest BCUT2D eigenvalue weighted by molar-refractivity contribution is 0.0791. The van der Waals surface area contributed by atoms with Gasteiger partial charge in [0, 0.05) is 0 Å². The fourth-order valence-electron chi connectivity index (χ4n) is 1.75. The summed E-state index contributed by atoms with van der Waals surface area (Å²) >= 11 is 0. The van der Waals surface area contributed by atoms with Gasteiger partial charge in [-0.15, -0.1) is 12.4 Å². The zero-order valence-electron chi connectivity index (χ0n) is 9.55. The molecule has 1 N–H and O–H groups in total. The third kappa shape index (κ3) is 3.82. The summed E-state index contributed by atoms with van der Waals surface area (Å²) in [4.78, 5) is 2.15. The molecule has 3 heteroatoms. The first kappa shape index (κ1) is 14.4. The zero-order valence-corrected chi connectivity index (χ0v) is 10.4. The van der Waals surface area contributed by atoms with Crippen molar-refractivity contribution < 1.29 is 5.11 Å². The quantitative estimate of drug-likeness (QED) is 0.858. The average molecular weight is 230 g/mol. The van der Waals surface area contributed by atoms with Gasteiger partial charge in [-0.2, -0.15) is 0 Å². The van der Waals surface area contributed by atoms with E-state index >= 15 is 0 Å². The van der Waals surface area contributed by atoms with Crippen LogP contribution < -0.4 is 0 Å². The minimum absolute atomic E-state index is 0. The van der Waals surface area contributed by atoms with Gasteiger partial charge in [-0.1, -0.05) is 37.3 Å². The second-order valence-electron chi connectivity index (χ2n) is 3.67. The fourth-order valence-corrected chi connectivity index (χ4v) is 1.75. The molecule has 15 heavy (non-hydrogen) atoms. The summed E-state index contributed by atoms with van der Waals surface area (Å²) in [5.74, 6) is 0. The van der Waals surface area contributed by atoms with E-state index in [9.17, 15) is 5.11 Å². The minimum Gasteiger partial charge on any atom is -0.391 e. The molecule has 0 saturated carbocycles. The highest BCUT2D eigenvalue weighted by atomic mass is 35.5. The van der Waals surface area contributed by atoms with Crippen LogP contribution >= 0.6 is 12.4 Å². The van der Waals surface area contributed by atoms with E-state index in [0.29, 0.717) is 0 Å². The molecule has 1 aromatic carbocycles. The molecule has 1 aromatic rings. The van der Waals surface area contributed by atoms with Gasteiger partial charge in [0.2, 0.25) is 0 Å². The fraction of sp³-hybridized carbons (Fsp3) is 0.500. The summed E-state index contributed by atoms with van der Waals surface area (Å²) in [5, 5.41) is 9.73. The maximum Gasteiger partial charge on any atom is 0.0708 e. The van der Waals surface area contributed by atoms with Gasteiger partial charge in [-0.05, 0) is 26.1 Å². The zero-order chi connectivity index (χ0) is 10.6. The van der Waals surface area contributed by atoms with Crippen LogP contribution in [-0.2, 0) is 0 Å². The van der Waals surface area contributed by atoms with Crippen LogP contribution in [0, 0.1) is 0 Å². The minimum atomic E-state index is -0.345. The van der Waals surface area contributed by atoms with Crippen LogP contribution in [0.4, 0.5) is 0 Å². The van der Waals surface area contributed by atoms with Crippen LogP contribution in [0.1, 0.15) is 25.5 Å². The lowest BCUT2D eigenvalue weighted by Crippen LogP contribution is -2.32. The Labute approximate surface area is 98.3 Å². The molecule has 0 amide bonds. The Balaban J connectivity index is 0.00000196. The van der Waals surface area contributed by atoms with Crippen molar-refractivity contribution in [2.45, 2.75) is 26.0 Å². The number of hydrogen-bond donors (Lipinski definition) is 1. The van der Waals surface area contributed by atoms with Gasteiger partial charge in [0.05, 0.1) is 12.1 Å². The summed E-state index contributed by atoms with van der Waals surface area (Å²) in [6.07, 6.45) is -0.345. The van der Waals surface area contributed by atoms with E-state index in [1.807, 2.05) is 32.2 Å². The number of aliphatic hydroxyl groups is 1. The first-order valence-electron chi connectivity index (χ1n) is 5.10. The highest BCUT2D eigenvalue weighted by Gasteiger charge is 2.20. The topological polar surface area (TPSA) is 23.5 Å². The summed E-state index contributed by atoms with van der Waals surface area (Å²) in [7, 11) is 2.03. The predicted octanol–water partition coefficient (Wildman–Crippen LogP) is 2.48. The maximum absolute atomic E-state index is 9.73. The Morgan fingerprint density at radius 3 is 2.20 bits per heavy atom. The van der Waals surface area contributed by atoms with Crippen molar-refractivity contribution in [3.05, 3.63) is 35.9 Å². The molecule has 2 unspecified atom stereocenters. The monoisotopic (exact) mass is 229 g/mol. The SMILES string of the molecule is CCN(C)C(c1ccccc1)C(C)O.Cl. The summed E-state index contributed by atoms with van der Waals surface area (Å²) in [6, 6.07) is 10.2. The molecule has 0 saturated heterocycles. The number of rotatable bonds is 4. The molecular weight excluding hydrogens is 210 g/mol. The lowest BCUT2D eigenvalue weighted by atomic mass is 10.0. The Kier molecular flexibility index (Phi) is 6.57. The van der Waals surface area contributed by atoms with E-state index in [2.05, 4.69) is 24.0 Å². The largest absolute Gasteiger partial charge is 0.391 e. The number of likely N-dealkylation sites (N-methyl/N-ethyl adjacent to an activating group) is 1. The summed E-state index contributed by atoms with van der Waals surface area (Å²) in [5.41, 5.74) is 1.17. The smallest absolute Gasteiger partial charge is 0.0708 e.